The predicted octanol–water partition coefficient (Wildman–Crippen LogP) is 5.72. The van der Waals surface area contributed by atoms with Crippen LogP contribution < -0.4 is 5.32 Å². The highest BCUT2D eigenvalue weighted by Crippen LogP contribution is 2.31. The molecule has 4 aromatic rings. The zero-order valence-corrected chi connectivity index (χ0v) is 18.7. The maximum absolute atomic E-state index is 13.2. The minimum atomic E-state index is -3.43. The summed E-state index contributed by atoms with van der Waals surface area (Å²) >= 11 is 6.34. The molecule has 0 aliphatic carbocycles. The molecule has 0 bridgehead atoms. The molecular formula is C25H19ClN2O3S. The highest BCUT2D eigenvalue weighted by molar-refractivity contribution is 7.90. The minimum Gasteiger partial charge on any atom is -0.322 e. The summed E-state index contributed by atoms with van der Waals surface area (Å²) in [6.07, 6.45) is 2.82. The quantitative estimate of drug-likeness (QED) is 0.411. The van der Waals surface area contributed by atoms with E-state index in [1.54, 1.807) is 24.4 Å². The van der Waals surface area contributed by atoms with Crippen LogP contribution in [0.1, 0.15) is 10.4 Å². The monoisotopic (exact) mass is 462 g/mol. The normalized spacial score (nSPS) is 11.2. The number of hydrogen-bond donors (Lipinski definition) is 1. The molecule has 1 N–H and O–H groups in total. The van der Waals surface area contributed by atoms with Crippen LogP contribution in [0, 0.1) is 0 Å². The Morgan fingerprint density at radius 1 is 0.875 bits per heavy atom. The van der Waals surface area contributed by atoms with Gasteiger partial charge in [-0.3, -0.25) is 9.78 Å². The van der Waals surface area contributed by atoms with Crippen molar-refractivity contribution in [1.29, 1.82) is 0 Å². The van der Waals surface area contributed by atoms with Gasteiger partial charge in [0.25, 0.3) is 5.91 Å². The molecule has 0 fully saturated rings. The summed E-state index contributed by atoms with van der Waals surface area (Å²) in [7, 11) is -3.43. The van der Waals surface area contributed by atoms with Crippen LogP contribution in [0.15, 0.2) is 96.0 Å². The molecule has 160 valence electrons. The third-order valence-electron chi connectivity index (χ3n) is 4.91. The fourth-order valence-electron chi connectivity index (χ4n) is 3.33. The van der Waals surface area contributed by atoms with Gasteiger partial charge in [0, 0.05) is 29.3 Å². The lowest BCUT2D eigenvalue weighted by atomic mass is 9.99. The van der Waals surface area contributed by atoms with Crippen molar-refractivity contribution in [2.75, 3.05) is 11.6 Å². The molecular weight excluding hydrogens is 444 g/mol. The van der Waals surface area contributed by atoms with Crippen molar-refractivity contribution >= 4 is 33.0 Å². The topological polar surface area (TPSA) is 76.1 Å². The second-order valence-electron chi connectivity index (χ2n) is 7.21. The molecule has 0 saturated carbocycles. The SMILES string of the molecule is CS(=O)(=O)c1ccc(C(=O)Nc2ccc(Cl)c(-c3ccccn3)c2)c(-c2ccccc2)c1. The van der Waals surface area contributed by atoms with Gasteiger partial charge >= 0.3 is 0 Å². The summed E-state index contributed by atoms with van der Waals surface area (Å²) in [4.78, 5) is 17.7. The lowest BCUT2D eigenvalue weighted by molar-refractivity contribution is 0.102. The maximum Gasteiger partial charge on any atom is 0.256 e. The van der Waals surface area contributed by atoms with Gasteiger partial charge in [-0.15, -0.1) is 0 Å². The van der Waals surface area contributed by atoms with Crippen molar-refractivity contribution in [2.24, 2.45) is 0 Å². The van der Waals surface area contributed by atoms with Crippen molar-refractivity contribution in [3.63, 3.8) is 0 Å². The first kappa shape index (κ1) is 21.7. The molecule has 1 aromatic heterocycles. The number of halogens is 1. The molecule has 7 heteroatoms. The molecule has 32 heavy (non-hydrogen) atoms. The molecule has 4 rings (SSSR count). The maximum atomic E-state index is 13.2. The molecule has 1 heterocycles. The van der Waals surface area contributed by atoms with Crippen LogP contribution in [0.4, 0.5) is 5.69 Å². The van der Waals surface area contributed by atoms with Gasteiger partial charge in [-0.1, -0.05) is 48.0 Å². The Labute approximate surface area is 191 Å². The number of anilines is 1. The third kappa shape index (κ3) is 4.72. The van der Waals surface area contributed by atoms with Gasteiger partial charge in [-0.05, 0) is 59.7 Å². The molecule has 0 saturated heterocycles. The van der Waals surface area contributed by atoms with Crippen molar-refractivity contribution < 1.29 is 13.2 Å². The summed E-state index contributed by atoms with van der Waals surface area (Å²) in [6, 6.07) is 24.4. The summed E-state index contributed by atoms with van der Waals surface area (Å²) in [5.41, 5.74) is 3.57. The number of aromatic nitrogens is 1. The van der Waals surface area contributed by atoms with Crippen LogP contribution in [0.3, 0.4) is 0 Å². The van der Waals surface area contributed by atoms with Gasteiger partial charge in [0.2, 0.25) is 0 Å². The molecule has 5 nitrogen and oxygen atoms in total. The van der Waals surface area contributed by atoms with Crippen LogP contribution in [0.5, 0.6) is 0 Å². The van der Waals surface area contributed by atoms with Gasteiger partial charge in [-0.2, -0.15) is 0 Å². The Bertz CT molecular complexity index is 1390. The zero-order chi connectivity index (χ0) is 22.7. The molecule has 1 amide bonds. The smallest absolute Gasteiger partial charge is 0.256 e. The van der Waals surface area contributed by atoms with Crippen LogP contribution in [0.2, 0.25) is 5.02 Å². The lowest BCUT2D eigenvalue weighted by Crippen LogP contribution is -2.14. The highest BCUT2D eigenvalue weighted by atomic mass is 35.5. The number of nitrogens with zero attached hydrogens (tertiary/aromatic N) is 1. The first-order chi connectivity index (χ1) is 15.3. The first-order valence-electron chi connectivity index (χ1n) is 9.75. The van der Waals surface area contributed by atoms with E-state index in [4.69, 9.17) is 11.6 Å². The predicted molar refractivity (Wildman–Crippen MR) is 128 cm³/mol. The molecule has 0 aliphatic rings. The lowest BCUT2D eigenvalue weighted by Gasteiger charge is -2.13. The number of carbonyl (C=O) groups excluding carboxylic acids is 1. The summed E-state index contributed by atoms with van der Waals surface area (Å²) < 4.78 is 24.1. The highest BCUT2D eigenvalue weighted by Gasteiger charge is 2.18. The van der Waals surface area contributed by atoms with Gasteiger partial charge in [0.05, 0.1) is 15.6 Å². The number of hydrogen-bond acceptors (Lipinski definition) is 4. The van der Waals surface area contributed by atoms with Gasteiger partial charge < -0.3 is 5.32 Å². The largest absolute Gasteiger partial charge is 0.322 e. The van der Waals surface area contributed by atoms with E-state index in [-0.39, 0.29) is 10.8 Å². The molecule has 0 aliphatic heterocycles. The number of amides is 1. The van der Waals surface area contributed by atoms with Crippen molar-refractivity contribution in [1.82, 2.24) is 4.98 Å². The van der Waals surface area contributed by atoms with Gasteiger partial charge in [-0.25, -0.2) is 8.42 Å². The molecule has 0 atom stereocenters. The van der Waals surface area contributed by atoms with E-state index in [1.807, 2.05) is 48.5 Å². The molecule has 0 radical (unpaired) electrons. The molecule has 3 aromatic carbocycles. The number of rotatable bonds is 5. The summed E-state index contributed by atoms with van der Waals surface area (Å²) in [5.74, 6) is -0.363. The Hall–Kier alpha value is -3.48. The number of sulfone groups is 1. The standard InChI is InChI=1S/C25H19ClN2O3S/c1-32(30,31)19-11-12-20(21(16-19)17-7-3-2-4-8-17)25(29)28-18-10-13-23(26)22(15-18)24-9-5-6-14-27-24/h2-16H,1H3,(H,28,29). The zero-order valence-electron chi connectivity index (χ0n) is 17.1. The Morgan fingerprint density at radius 3 is 2.31 bits per heavy atom. The fraction of sp³-hybridized carbons (Fsp3) is 0.0400. The fourth-order valence-corrected chi connectivity index (χ4v) is 4.19. The molecule has 0 spiro atoms. The van der Waals surface area contributed by atoms with E-state index >= 15 is 0 Å². The Balaban J connectivity index is 1.73. The first-order valence-corrected chi connectivity index (χ1v) is 12.0. The van der Waals surface area contributed by atoms with E-state index in [2.05, 4.69) is 10.3 Å². The van der Waals surface area contributed by atoms with Crippen LogP contribution >= 0.6 is 11.6 Å². The van der Waals surface area contributed by atoms with E-state index in [0.29, 0.717) is 33.1 Å². The van der Waals surface area contributed by atoms with E-state index in [1.165, 1.54) is 18.2 Å². The van der Waals surface area contributed by atoms with Crippen molar-refractivity contribution in [2.45, 2.75) is 4.90 Å². The van der Waals surface area contributed by atoms with Crippen LogP contribution in [-0.2, 0) is 9.84 Å². The van der Waals surface area contributed by atoms with Crippen molar-refractivity contribution in [3.05, 3.63) is 102 Å². The summed E-state index contributed by atoms with van der Waals surface area (Å²) in [5, 5.41) is 3.41. The van der Waals surface area contributed by atoms with E-state index in [0.717, 1.165) is 11.8 Å². The minimum absolute atomic E-state index is 0.150. The second-order valence-corrected chi connectivity index (χ2v) is 9.63. The van der Waals surface area contributed by atoms with E-state index in [9.17, 15) is 13.2 Å². The Kier molecular flexibility index (Phi) is 6.08. The van der Waals surface area contributed by atoms with Gasteiger partial charge in [0.1, 0.15) is 0 Å². The number of carbonyl (C=O) groups is 1. The Morgan fingerprint density at radius 2 is 1.62 bits per heavy atom. The third-order valence-corrected chi connectivity index (χ3v) is 6.35. The van der Waals surface area contributed by atoms with Crippen LogP contribution in [-0.4, -0.2) is 25.6 Å². The second kappa shape index (κ2) is 8.94. The van der Waals surface area contributed by atoms with Crippen LogP contribution in [0.25, 0.3) is 22.4 Å². The number of pyridine rings is 1. The van der Waals surface area contributed by atoms with Crippen molar-refractivity contribution in [3.8, 4) is 22.4 Å². The number of benzene rings is 3. The summed E-state index contributed by atoms with van der Waals surface area (Å²) in [6.45, 7) is 0. The van der Waals surface area contributed by atoms with E-state index < -0.39 is 9.84 Å². The molecule has 0 unspecified atom stereocenters. The van der Waals surface area contributed by atoms with Gasteiger partial charge in [0.15, 0.2) is 9.84 Å². The average Bonchev–Trinajstić information content (AvgIpc) is 2.80. The number of nitrogens with one attached hydrogen (secondary N) is 1. The average molecular weight is 463 g/mol.